The summed E-state index contributed by atoms with van der Waals surface area (Å²) in [6.07, 6.45) is 1.05. The van der Waals surface area contributed by atoms with E-state index in [0.717, 1.165) is 24.3 Å². The second kappa shape index (κ2) is 6.90. The zero-order valence-corrected chi connectivity index (χ0v) is 11.0. The zero-order chi connectivity index (χ0) is 13.5. The van der Waals surface area contributed by atoms with Gasteiger partial charge >= 0.3 is 0 Å². The molecule has 0 heterocycles. The van der Waals surface area contributed by atoms with E-state index in [1.54, 1.807) is 6.07 Å². The van der Waals surface area contributed by atoms with Gasteiger partial charge in [0.05, 0.1) is 0 Å². The Kier molecular flexibility index (Phi) is 4.93. The summed E-state index contributed by atoms with van der Waals surface area (Å²) < 4.78 is 19.1. The summed E-state index contributed by atoms with van der Waals surface area (Å²) in [5.74, 6) is 1.20. The zero-order valence-electron chi connectivity index (χ0n) is 11.0. The van der Waals surface area contributed by atoms with Gasteiger partial charge in [-0.25, -0.2) is 4.39 Å². The molecule has 0 spiro atoms. The molecule has 2 nitrogen and oxygen atoms in total. The van der Waals surface area contributed by atoms with E-state index in [1.807, 2.05) is 30.3 Å². The van der Waals surface area contributed by atoms with E-state index in [0.29, 0.717) is 12.3 Å². The molecule has 2 aromatic rings. The van der Waals surface area contributed by atoms with Crippen molar-refractivity contribution in [2.24, 2.45) is 0 Å². The second-order valence-electron chi connectivity index (χ2n) is 4.34. The van der Waals surface area contributed by atoms with Gasteiger partial charge in [0.15, 0.2) is 0 Å². The summed E-state index contributed by atoms with van der Waals surface area (Å²) in [4.78, 5) is 0. The number of benzene rings is 2. The fourth-order valence-corrected chi connectivity index (χ4v) is 1.80. The van der Waals surface area contributed by atoms with E-state index in [4.69, 9.17) is 4.74 Å². The Morgan fingerprint density at radius 3 is 2.63 bits per heavy atom. The van der Waals surface area contributed by atoms with Gasteiger partial charge in [-0.1, -0.05) is 25.1 Å². The fraction of sp³-hybridized carbons (Fsp3) is 0.250. The topological polar surface area (TPSA) is 21.3 Å². The van der Waals surface area contributed by atoms with Gasteiger partial charge in [-0.2, -0.15) is 0 Å². The van der Waals surface area contributed by atoms with Crippen LogP contribution in [0.15, 0.2) is 48.5 Å². The Morgan fingerprint density at radius 2 is 1.89 bits per heavy atom. The van der Waals surface area contributed by atoms with Crippen LogP contribution in [0.3, 0.4) is 0 Å². The Bertz CT molecular complexity index is 513. The first-order valence-corrected chi connectivity index (χ1v) is 6.51. The molecule has 0 unspecified atom stereocenters. The molecule has 0 fully saturated rings. The van der Waals surface area contributed by atoms with Crippen molar-refractivity contribution in [3.05, 3.63) is 59.9 Å². The van der Waals surface area contributed by atoms with Gasteiger partial charge in [-0.3, -0.25) is 0 Å². The van der Waals surface area contributed by atoms with Gasteiger partial charge in [0.1, 0.15) is 17.3 Å². The normalized spacial score (nSPS) is 10.4. The SMILES string of the molecule is CCCNCc1cc(F)ccc1Oc1ccccc1. The minimum absolute atomic E-state index is 0.242. The average Bonchev–Trinajstić information content (AvgIpc) is 2.43. The first kappa shape index (κ1) is 13.6. The van der Waals surface area contributed by atoms with Crippen LogP contribution in [0.1, 0.15) is 18.9 Å². The van der Waals surface area contributed by atoms with Crippen molar-refractivity contribution < 1.29 is 9.13 Å². The first-order valence-electron chi connectivity index (χ1n) is 6.51. The lowest BCUT2D eigenvalue weighted by Gasteiger charge is -2.12. The molecule has 0 aliphatic heterocycles. The first-order chi connectivity index (χ1) is 9.29. The van der Waals surface area contributed by atoms with Crippen LogP contribution in [-0.4, -0.2) is 6.54 Å². The third-order valence-electron chi connectivity index (χ3n) is 2.74. The van der Waals surface area contributed by atoms with E-state index >= 15 is 0 Å². The molecule has 0 aliphatic carbocycles. The Morgan fingerprint density at radius 1 is 1.11 bits per heavy atom. The van der Waals surface area contributed by atoms with Gasteiger partial charge in [0.25, 0.3) is 0 Å². The van der Waals surface area contributed by atoms with Crippen LogP contribution in [0.4, 0.5) is 4.39 Å². The van der Waals surface area contributed by atoms with Crippen molar-refractivity contribution in [2.75, 3.05) is 6.54 Å². The molecule has 2 rings (SSSR count). The van der Waals surface area contributed by atoms with E-state index < -0.39 is 0 Å². The van der Waals surface area contributed by atoms with Crippen LogP contribution >= 0.6 is 0 Å². The Hall–Kier alpha value is -1.87. The molecule has 19 heavy (non-hydrogen) atoms. The van der Waals surface area contributed by atoms with Gasteiger partial charge in [0.2, 0.25) is 0 Å². The highest BCUT2D eigenvalue weighted by atomic mass is 19.1. The summed E-state index contributed by atoms with van der Waals surface area (Å²) in [5.41, 5.74) is 0.831. The quantitative estimate of drug-likeness (QED) is 0.788. The van der Waals surface area contributed by atoms with E-state index in [9.17, 15) is 4.39 Å². The highest BCUT2D eigenvalue weighted by Gasteiger charge is 2.06. The smallest absolute Gasteiger partial charge is 0.132 e. The maximum Gasteiger partial charge on any atom is 0.132 e. The molecular weight excluding hydrogens is 241 g/mol. The van der Waals surface area contributed by atoms with Crippen LogP contribution in [0.2, 0.25) is 0 Å². The molecule has 0 atom stereocenters. The van der Waals surface area contributed by atoms with Crippen LogP contribution in [0, 0.1) is 5.82 Å². The summed E-state index contributed by atoms with van der Waals surface area (Å²) in [6.45, 7) is 3.61. The summed E-state index contributed by atoms with van der Waals surface area (Å²) in [6, 6.07) is 14.1. The van der Waals surface area contributed by atoms with Crippen molar-refractivity contribution in [1.82, 2.24) is 5.32 Å². The van der Waals surface area contributed by atoms with Gasteiger partial charge in [0, 0.05) is 12.1 Å². The monoisotopic (exact) mass is 259 g/mol. The minimum Gasteiger partial charge on any atom is -0.457 e. The average molecular weight is 259 g/mol. The standard InChI is InChI=1S/C16H18FNO/c1-2-10-18-12-13-11-14(17)8-9-16(13)19-15-6-4-3-5-7-15/h3-9,11,18H,2,10,12H2,1H3. The Labute approximate surface area is 113 Å². The van der Waals surface area contributed by atoms with Crippen molar-refractivity contribution in [3.8, 4) is 11.5 Å². The summed E-state index contributed by atoms with van der Waals surface area (Å²) in [5, 5.41) is 3.26. The predicted molar refractivity (Wildman–Crippen MR) is 74.9 cm³/mol. The number of rotatable bonds is 6. The maximum absolute atomic E-state index is 13.3. The summed E-state index contributed by atoms with van der Waals surface area (Å²) >= 11 is 0. The summed E-state index contributed by atoms with van der Waals surface area (Å²) in [7, 11) is 0. The molecule has 2 aromatic carbocycles. The number of ether oxygens (including phenoxy) is 1. The number of nitrogens with one attached hydrogen (secondary N) is 1. The number of halogens is 1. The maximum atomic E-state index is 13.3. The lowest BCUT2D eigenvalue weighted by molar-refractivity contribution is 0.470. The molecule has 3 heteroatoms. The van der Waals surface area contributed by atoms with Crippen molar-refractivity contribution in [1.29, 1.82) is 0 Å². The minimum atomic E-state index is -0.242. The Balaban J connectivity index is 2.14. The molecule has 0 saturated carbocycles. The third kappa shape index (κ3) is 4.07. The van der Waals surface area contributed by atoms with Crippen LogP contribution in [0.25, 0.3) is 0 Å². The van der Waals surface area contributed by atoms with Gasteiger partial charge < -0.3 is 10.1 Å². The second-order valence-corrected chi connectivity index (χ2v) is 4.34. The molecule has 100 valence electrons. The van der Waals surface area contributed by atoms with Crippen LogP contribution in [-0.2, 0) is 6.54 Å². The van der Waals surface area contributed by atoms with Gasteiger partial charge in [-0.05, 0) is 43.3 Å². The number of hydrogen-bond donors (Lipinski definition) is 1. The van der Waals surface area contributed by atoms with Gasteiger partial charge in [-0.15, -0.1) is 0 Å². The highest BCUT2D eigenvalue weighted by Crippen LogP contribution is 2.25. The molecule has 0 amide bonds. The van der Waals surface area contributed by atoms with Crippen molar-refractivity contribution in [3.63, 3.8) is 0 Å². The molecule has 0 bridgehead atoms. The molecular formula is C16H18FNO. The van der Waals surface area contributed by atoms with Crippen LogP contribution < -0.4 is 10.1 Å². The molecule has 0 aromatic heterocycles. The van der Waals surface area contributed by atoms with Crippen molar-refractivity contribution >= 4 is 0 Å². The third-order valence-corrected chi connectivity index (χ3v) is 2.74. The predicted octanol–water partition coefficient (Wildman–Crippen LogP) is 4.12. The molecule has 0 saturated heterocycles. The number of hydrogen-bond acceptors (Lipinski definition) is 2. The largest absolute Gasteiger partial charge is 0.457 e. The van der Waals surface area contributed by atoms with E-state index in [1.165, 1.54) is 12.1 Å². The van der Waals surface area contributed by atoms with E-state index in [2.05, 4.69) is 12.2 Å². The fourth-order valence-electron chi connectivity index (χ4n) is 1.80. The molecule has 0 radical (unpaired) electrons. The van der Waals surface area contributed by atoms with E-state index in [-0.39, 0.29) is 5.82 Å². The lowest BCUT2D eigenvalue weighted by Crippen LogP contribution is -2.14. The lowest BCUT2D eigenvalue weighted by atomic mass is 10.2. The highest BCUT2D eigenvalue weighted by molar-refractivity contribution is 5.38. The molecule has 1 N–H and O–H groups in total. The molecule has 0 aliphatic rings. The number of para-hydroxylation sites is 1. The van der Waals surface area contributed by atoms with Crippen LogP contribution in [0.5, 0.6) is 11.5 Å². The van der Waals surface area contributed by atoms with Crippen molar-refractivity contribution in [2.45, 2.75) is 19.9 Å².